The lowest BCUT2D eigenvalue weighted by molar-refractivity contribution is -0.0944. The highest BCUT2D eigenvalue weighted by Crippen LogP contribution is 2.31. The molecule has 0 unspecified atom stereocenters. The number of nitrogens with zero attached hydrogens (tertiary/aromatic N) is 3. The van der Waals surface area contributed by atoms with Crippen molar-refractivity contribution in [3.63, 3.8) is 0 Å². The lowest BCUT2D eigenvalue weighted by atomic mass is 10.1. The fourth-order valence-corrected chi connectivity index (χ4v) is 1.77. The van der Waals surface area contributed by atoms with Crippen LogP contribution in [0, 0.1) is 0 Å². The molecule has 8 heteroatoms. The summed E-state index contributed by atoms with van der Waals surface area (Å²) < 4.78 is 37.3. The molecule has 1 aromatic heterocycles. The number of nitrogen functional groups attached to an aromatic ring is 2. The van der Waals surface area contributed by atoms with Crippen LogP contribution in [0.15, 0.2) is 17.7 Å². The predicted molar refractivity (Wildman–Crippen MR) is 61.8 cm³/mol. The molecular formula is C10H12F3N5. The van der Waals surface area contributed by atoms with E-state index in [0.29, 0.717) is 5.82 Å². The maximum atomic E-state index is 12.4. The van der Waals surface area contributed by atoms with Gasteiger partial charge in [0.15, 0.2) is 0 Å². The quantitative estimate of drug-likeness (QED) is 0.744. The average molecular weight is 259 g/mol. The van der Waals surface area contributed by atoms with Gasteiger partial charge in [0.25, 0.3) is 0 Å². The van der Waals surface area contributed by atoms with Gasteiger partial charge in [0.1, 0.15) is 11.6 Å². The van der Waals surface area contributed by atoms with E-state index >= 15 is 0 Å². The van der Waals surface area contributed by atoms with Gasteiger partial charge in [-0.05, 0) is 6.42 Å². The molecule has 18 heavy (non-hydrogen) atoms. The Labute approximate surface area is 101 Å². The number of aromatic nitrogens is 2. The Bertz CT molecular complexity index is 463. The summed E-state index contributed by atoms with van der Waals surface area (Å²) in [5, 5.41) is 0. The standard InChI is InChI=1S/C10H12F3N5/c11-10(12,13)6-1-3-18(4-2-6)8-5-7(14)16-9(15)17-8/h1,5H,2-4H2,(H4,14,15,16,17). The normalized spacial score (nSPS) is 16.6. The van der Waals surface area contributed by atoms with E-state index in [9.17, 15) is 13.2 Å². The number of hydrogen-bond acceptors (Lipinski definition) is 5. The summed E-state index contributed by atoms with van der Waals surface area (Å²) in [7, 11) is 0. The van der Waals surface area contributed by atoms with Gasteiger partial charge in [-0.25, -0.2) is 0 Å². The maximum absolute atomic E-state index is 12.4. The second kappa shape index (κ2) is 4.35. The van der Waals surface area contributed by atoms with Gasteiger partial charge in [-0.2, -0.15) is 23.1 Å². The van der Waals surface area contributed by atoms with Crippen molar-refractivity contribution in [3.8, 4) is 0 Å². The first-order valence-corrected chi connectivity index (χ1v) is 5.27. The first-order chi connectivity index (χ1) is 8.36. The van der Waals surface area contributed by atoms with Crippen molar-refractivity contribution in [1.29, 1.82) is 0 Å². The van der Waals surface area contributed by atoms with Gasteiger partial charge in [-0.15, -0.1) is 0 Å². The molecular weight excluding hydrogens is 247 g/mol. The van der Waals surface area contributed by atoms with E-state index in [4.69, 9.17) is 11.5 Å². The number of alkyl halides is 3. The van der Waals surface area contributed by atoms with Gasteiger partial charge in [0.2, 0.25) is 5.95 Å². The summed E-state index contributed by atoms with van der Waals surface area (Å²) in [5.74, 6) is 0.649. The van der Waals surface area contributed by atoms with Crippen LogP contribution in [-0.2, 0) is 0 Å². The molecule has 1 aromatic rings. The van der Waals surface area contributed by atoms with Crippen molar-refractivity contribution < 1.29 is 13.2 Å². The fourth-order valence-electron chi connectivity index (χ4n) is 1.77. The van der Waals surface area contributed by atoms with Crippen LogP contribution in [0.5, 0.6) is 0 Å². The zero-order valence-corrected chi connectivity index (χ0v) is 9.41. The molecule has 1 aliphatic rings. The number of rotatable bonds is 1. The van der Waals surface area contributed by atoms with Crippen LogP contribution < -0.4 is 16.4 Å². The zero-order chi connectivity index (χ0) is 13.3. The third kappa shape index (κ3) is 2.63. The number of nitrogens with two attached hydrogens (primary N) is 2. The molecule has 98 valence electrons. The largest absolute Gasteiger partial charge is 0.412 e. The molecule has 5 nitrogen and oxygen atoms in total. The van der Waals surface area contributed by atoms with Gasteiger partial charge in [0, 0.05) is 24.7 Å². The molecule has 0 saturated heterocycles. The van der Waals surface area contributed by atoms with E-state index in [1.165, 1.54) is 6.07 Å². The van der Waals surface area contributed by atoms with E-state index in [0.717, 1.165) is 6.08 Å². The Morgan fingerprint density at radius 3 is 2.44 bits per heavy atom. The van der Waals surface area contributed by atoms with Crippen molar-refractivity contribution >= 4 is 17.6 Å². The van der Waals surface area contributed by atoms with Gasteiger partial charge < -0.3 is 16.4 Å². The van der Waals surface area contributed by atoms with Crippen LogP contribution in [0.2, 0.25) is 0 Å². The van der Waals surface area contributed by atoms with E-state index in [1.54, 1.807) is 4.90 Å². The second-order valence-corrected chi connectivity index (χ2v) is 3.93. The molecule has 4 N–H and O–H groups in total. The Morgan fingerprint density at radius 2 is 1.94 bits per heavy atom. The predicted octanol–water partition coefficient (Wildman–Crippen LogP) is 1.34. The minimum absolute atomic E-state index is 0.00981. The molecule has 0 aliphatic carbocycles. The molecule has 0 atom stereocenters. The Hall–Kier alpha value is -1.99. The van der Waals surface area contributed by atoms with Gasteiger partial charge in [-0.1, -0.05) is 6.08 Å². The fraction of sp³-hybridized carbons (Fsp3) is 0.400. The van der Waals surface area contributed by atoms with Crippen molar-refractivity contribution in [3.05, 3.63) is 17.7 Å². The highest BCUT2D eigenvalue weighted by molar-refractivity contribution is 5.51. The van der Waals surface area contributed by atoms with Gasteiger partial charge >= 0.3 is 6.18 Å². The third-order valence-electron chi connectivity index (χ3n) is 2.65. The summed E-state index contributed by atoms with van der Waals surface area (Å²) >= 11 is 0. The van der Waals surface area contributed by atoms with Crippen LogP contribution in [-0.4, -0.2) is 29.2 Å². The highest BCUT2D eigenvalue weighted by atomic mass is 19.4. The van der Waals surface area contributed by atoms with Crippen LogP contribution >= 0.6 is 0 Å². The van der Waals surface area contributed by atoms with Crippen molar-refractivity contribution in [2.24, 2.45) is 0 Å². The highest BCUT2D eigenvalue weighted by Gasteiger charge is 2.34. The molecule has 0 amide bonds. The van der Waals surface area contributed by atoms with Crippen LogP contribution in [0.3, 0.4) is 0 Å². The van der Waals surface area contributed by atoms with Crippen LogP contribution in [0.4, 0.5) is 30.8 Å². The van der Waals surface area contributed by atoms with E-state index in [1.807, 2.05) is 0 Å². The van der Waals surface area contributed by atoms with E-state index < -0.39 is 11.7 Å². The molecule has 0 fully saturated rings. The van der Waals surface area contributed by atoms with E-state index in [2.05, 4.69) is 9.97 Å². The summed E-state index contributed by atoms with van der Waals surface area (Å²) in [6, 6.07) is 1.49. The molecule has 2 heterocycles. The first kappa shape index (κ1) is 12.5. The number of anilines is 3. The molecule has 0 bridgehead atoms. The molecule has 0 aromatic carbocycles. The van der Waals surface area contributed by atoms with Crippen LogP contribution in [0.1, 0.15) is 6.42 Å². The maximum Gasteiger partial charge on any atom is 0.412 e. The monoisotopic (exact) mass is 259 g/mol. The average Bonchev–Trinajstić information content (AvgIpc) is 2.27. The smallest absolute Gasteiger partial charge is 0.383 e. The van der Waals surface area contributed by atoms with Gasteiger partial charge in [0.05, 0.1) is 0 Å². The molecule has 1 aliphatic heterocycles. The minimum atomic E-state index is -4.25. The first-order valence-electron chi connectivity index (χ1n) is 5.27. The molecule has 2 rings (SSSR count). The Balaban J connectivity index is 2.17. The summed E-state index contributed by atoms with van der Waals surface area (Å²) in [6.07, 6.45) is -3.18. The topological polar surface area (TPSA) is 81.1 Å². The minimum Gasteiger partial charge on any atom is -0.383 e. The molecule has 0 spiro atoms. The molecule has 0 radical (unpaired) electrons. The SMILES string of the molecule is Nc1cc(N2CC=C(C(F)(F)F)CC2)nc(N)n1. The lowest BCUT2D eigenvalue weighted by Gasteiger charge is -2.28. The van der Waals surface area contributed by atoms with Crippen molar-refractivity contribution in [2.75, 3.05) is 29.5 Å². The number of halogens is 3. The Kier molecular flexibility index (Phi) is 3.02. The summed E-state index contributed by atoms with van der Waals surface area (Å²) in [5.41, 5.74) is 10.4. The van der Waals surface area contributed by atoms with Crippen molar-refractivity contribution in [2.45, 2.75) is 12.6 Å². The van der Waals surface area contributed by atoms with Crippen molar-refractivity contribution in [1.82, 2.24) is 9.97 Å². The lowest BCUT2D eigenvalue weighted by Crippen LogP contribution is -2.32. The second-order valence-electron chi connectivity index (χ2n) is 3.93. The van der Waals surface area contributed by atoms with E-state index in [-0.39, 0.29) is 31.3 Å². The Morgan fingerprint density at radius 1 is 1.22 bits per heavy atom. The van der Waals surface area contributed by atoms with Gasteiger partial charge in [-0.3, -0.25) is 0 Å². The summed E-state index contributed by atoms with van der Waals surface area (Å²) in [4.78, 5) is 9.32. The third-order valence-corrected chi connectivity index (χ3v) is 2.65. The summed E-state index contributed by atoms with van der Waals surface area (Å²) in [6.45, 7) is 0.353. The molecule has 0 saturated carbocycles. The zero-order valence-electron chi connectivity index (χ0n) is 9.41. The van der Waals surface area contributed by atoms with Crippen LogP contribution in [0.25, 0.3) is 0 Å². The number of hydrogen-bond donors (Lipinski definition) is 2.